The molecule has 0 saturated carbocycles. The standard InChI is InChI=1S/C20H24FN5O/c1-12-13(2)23-18(24-19(12)25-8-6-15(22)11-25)20(27)26-9-7-16-14(10-26)4-3-5-17(16)21/h3-5,15H,6-11,22H2,1-2H3/t15-/m1/s1. The maximum Gasteiger partial charge on any atom is 0.292 e. The number of aryl methyl sites for hydroxylation is 1. The van der Waals surface area contributed by atoms with Gasteiger partial charge < -0.3 is 15.5 Å². The van der Waals surface area contributed by atoms with E-state index in [1.165, 1.54) is 6.07 Å². The fourth-order valence-electron chi connectivity index (χ4n) is 3.87. The van der Waals surface area contributed by atoms with E-state index in [0.29, 0.717) is 25.1 Å². The Bertz CT molecular complexity index is 900. The van der Waals surface area contributed by atoms with E-state index in [1.807, 2.05) is 19.9 Å². The van der Waals surface area contributed by atoms with Crippen molar-refractivity contribution in [2.75, 3.05) is 24.5 Å². The third kappa shape index (κ3) is 3.27. The molecule has 2 aromatic rings. The molecule has 0 bridgehead atoms. The van der Waals surface area contributed by atoms with Crippen LogP contribution in [0.25, 0.3) is 0 Å². The van der Waals surface area contributed by atoms with Gasteiger partial charge in [0.25, 0.3) is 5.91 Å². The largest absolute Gasteiger partial charge is 0.355 e. The van der Waals surface area contributed by atoms with E-state index in [-0.39, 0.29) is 23.6 Å². The minimum atomic E-state index is -0.210. The SMILES string of the molecule is Cc1nc(C(=O)N2CCc3c(F)cccc3C2)nc(N2CC[C@@H](N)C2)c1C. The summed E-state index contributed by atoms with van der Waals surface area (Å²) in [4.78, 5) is 25.9. The highest BCUT2D eigenvalue weighted by atomic mass is 19.1. The third-order valence-electron chi connectivity index (χ3n) is 5.58. The van der Waals surface area contributed by atoms with E-state index in [1.54, 1.807) is 11.0 Å². The lowest BCUT2D eigenvalue weighted by atomic mass is 9.99. The normalized spacial score (nSPS) is 19.3. The van der Waals surface area contributed by atoms with Crippen LogP contribution < -0.4 is 10.6 Å². The number of halogens is 1. The van der Waals surface area contributed by atoms with Crippen LogP contribution in [-0.4, -0.2) is 46.5 Å². The molecule has 1 amide bonds. The number of carbonyl (C=O) groups excluding carboxylic acids is 1. The number of hydrogen-bond donors (Lipinski definition) is 1. The highest BCUT2D eigenvalue weighted by molar-refractivity contribution is 5.91. The minimum absolute atomic E-state index is 0.132. The molecule has 1 aromatic carbocycles. The Morgan fingerprint density at radius 1 is 1.26 bits per heavy atom. The molecular weight excluding hydrogens is 345 g/mol. The number of carbonyl (C=O) groups is 1. The second-order valence-corrected chi connectivity index (χ2v) is 7.43. The van der Waals surface area contributed by atoms with Gasteiger partial charge in [-0.15, -0.1) is 0 Å². The summed E-state index contributed by atoms with van der Waals surface area (Å²) in [5.74, 6) is 0.586. The van der Waals surface area contributed by atoms with Gasteiger partial charge in [-0.2, -0.15) is 0 Å². The van der Waals surface area contributed by atoms with Crippen molar-refractivity contribution in [1.82, 2.24) is 14.9 Å². The first-order valence-corrected chi connectivity index (χ1v) is 9.35. The van der Waals surface area contributed by atoms with Gasteiger partial charge in [-0.3, -0.25) is 4.79 Å². The Hall–Kier alpha value is -2.54. The van der Waals surface area contributed by atoms with E-state index in [4.69, 9.17) is 5.73 Å². The summed E-state index contributed by atoms with van der Waals surface area (Å²) < 4.78 is 13.9. The number of hydrogen-bond acceptors (Lipinski definition) is 5. The molecule has 1 aromatic heterocycles. The number of anilines is 1. The topological polar surface area (TPSA) is 75.4 Å². The molecule has 2 aliphatic heterocycles. The van der Waals surface area contributed by atoms with Gasteiger partial charge >= 0.3 is 0 Å². The van der Waals surface area contributed by atoms with Crippen molar-refractivity contribution in [2.24, 2.45) is 5.73 Å². The van der Waals surface area contributed by atoms with Crippen molar-refractivity contribution < 1.29 is 9.18 Å². The van der Waals surface area contributed by atoms with Gasteiger partial charge in [-0.25, -0.2) is 14.4 Å². The zero-order valence-corrected chi connectivity index (χ0v) is 15.7. The summed E-state index contributed by atoms with van der Waals surface area (Å²) in [6.07, 6.45) is 1.42. The summed E-state index contributed by atoms with van der Waals surface area (Å²) in [5, 5.41) is 0. The lowest BCUT2D eigenvalue weighted by molar-refractivity contribution is 0.0720. The van der Waals surface area contributed by atoms with Crippen LogP contribution in [0, 0.1) is 19.7 Å². The Balaban J connectivity index is 1.62. The summed E-state index contributed by atoms with van der Waals surface area (Å²) >= 11 is 0. The maximum absolute atomic E-state index is 13.9. The monoisotopic (exact) mass is 369 g/mol. The van der Waals surface area contributed by atoms with E-state index in [2.05, 4.69) is 14.9 Å². The lowest BCUT2D eigenvalue weighted by Gasteiger charge is -2.29. The number of amides is 1. The third-order valence-corrected chi connectivity index (χ3v) is 5.58. The van der Waals surface area contributed by atoms with Crippen molar-refractivity contribution in [3.63, 3.8) is 0 Å². The summed E-state index contributed by atoms with van der Waals surface area (Å²) in [5.41, 5.74) is 9.36. The fraction of sp³-hybridized carbons (Fsp3) is 0.450. The van der Waals surface area contributed by atoms with Crippen molar-refractivity contribution >= 4 is 11.7 Å². The number of rotatable bonds is 2. The number of nitrogens with two attached hydrogens (primary N) is 1. The first-order chi connectivity index (χ1) is 12.9. The second kappa shape index (κ2) is 6.88. The number of fused-ring (bicyclic) bond motifs is 1. The number of benzene rings is 1. The van der Waals surface area contributed by atoms with Crippen LogP contribution >= 0.6 is 0 Å². The van der Waals surface area contributed by atoms with Crippen LogP contribution in [0.4, 0.5) is 10.2 Å². The van der Waals surface area contributed by atoms with Gasteiger partial charge in [0.2, 0.25) is 5.82 Å². The molecule has 1 atom stereocenters. The molecule has 1 saturated heterocycles. The highest BCUT2D eigenvalue weighted by Crippen LogP contribution is 2.26. The van der Waals surface area contributed by atoms with Crippen LogP contribution in [0.1, 0.15) is 39.4 Å². The molecule has 2 N–H and O–H groups in total. The molecule has 4 rings (SSSR count). The van der Waals surface area contributed by atoms with Crippen molar-refractivity contribution in [3.05, 3.63) is 52.2 Å². The van der Waals surface area contributed by atoms with Gasteiger partial charge in [-0.05, 0) is 43.9 Å². The zero-order valence-electron chi connectivity index (χ0n) is 15.7. The van der Waals surface area contributed by atoms with E-state index >= 15 is 0 Å². The summed E-state index contributed by atoms with van der Waals surface area (Å²) in [6.45, 7) is 6.29. The molecule has 142 valence electrons. The van der Waals surface area contributed by atoms with Crippen LogP contribution in [0.15, 0.2) is 18.2 Å². The van der Waals surface area contributed by atoms with Crippen molar-refractivity contribution in [1.29, 1.82) is 0 Å². The molecule has 7 heteroatoms. The first kappa shape index (κ1) is 17.9. The van der Waals surface area contributed by atoms with Gasteiger partial charge in [0.05, 0.1) is 0 Å². The van der Waals surface area contributed by atoms with Crippen molar-refractivity contribution in [2.45, 2.75) is 39.3 Å². The predicted octanol–water partition coefficient (Wildman–Crippen LogP) is 1.97. The average Bonchev–Trinajstić information content (AvgIpc) is 3.09. The zero-order chi connectivity index (χ0) is 19.1. The second-order valence-electron chi connectivity index (χ2n) is 7.43. The molecule has 2 aliphatic rings. The Kier molecular flexibility index (Phi) is 4.55. The molecule has 27 heavy (non-hydrogen) atoms. The first-order valence-electron chi connectivity index (χ1n) is 9.35. The number of nitrogens with zero attached hydrogens (tertiary/aromatic N) is 4. The van der Waals surface area contributed by atoms with Gasteiger partial charge in [0, 0.05) is 43.5 Å². The minimum Gasteiger partial charge on any atom is -0.355 e. The highest BCUT2D eigenvalue weighted by Gasteiger charge is 2.28. The molecule has 0 radical (unpaired) electrons. The Labute approximate surface area is 158 Å². The Morgan fingerprint density at radius 3 is 2.81 bits per heavy atom. The molecule has 6 nitrogen and oxygen atoms in total. The van der Waals surface area contributed by atoms with Gasteiger partial charge in [-0.1, -0.05) is 12.1 Å². The number of aromatic nitrogens is 2. The maximum atomic E-state index is 13.9. The van der Waals surface area contributed by atoms with Gasteiger partial charge in [0.1, 0.15) is 11.6 Å². The van der Waals surface area contributed by atoms with E-state index in [0.717, 1.165) is 42.1 Å². The van der Waals surface area contributed by atoms with Crippen LogP contribution in [-0.2, 0) is 13.0 Å². The van der Waals surface area contributed by atoms with E-state index in [9.17, 15) is 9.18 Å². The molecule has 1 fully saturated rings. The van der Waals surface area contributed by atoms with Crippen LogP contribution in [0.2, 0.25) is 0 Å². The smallest absolute Gasteiger partial charge is 0.292 e. The molecular formula is C20H24FN5O. The van der Waals surface area contributed by atoms with Crippen LogP contribution in [0.3, 0.4) is 0 Å². The quantitative estimate of drug-likeness (QED) is 0.876. The summed E-state index contributed by atoms with van der Waals surface area (Å²) in [7, 11) is 0. The lowest BCUT2D eigenvalue weighted by Crippen LogP contribution is -2.38. The van der Waals surface area contributed by atoms with E-state index < -0.39 is 0 Å². The van der Waals surface area contributed by atoms with Gasteiger partial charge in [0.15, 0.2) is 0 Å². The molecule has 3 heterocycles. The molecule has 0 spiro atoms. The fourth-order valence-corrected chi connectivity index (χ4v) is 3.87. The predicted molar refractivity (Wildman–Crippen MR) is 101 cm³/mol. The Morgan fingerprint density at radius 2 is 2.07 bits per heavy atom. The molecule has 0 unspecified atom stereocenters. The van der Waals surface area contributed by atoms with Crippen LogP contribution in [0.5, 0.6) is 0 Å². The average molecular weight is 369 g/mol. The molecule has 0 aliphatic carbocycles. The summed E-state index contributed by atoms with van der Waals surface area (Å²) in [6, 6.07) is 5.15. The van der Waals surface area contributed by atoms with Crippen molar-refractivity contribution in [3.8, 4) is 0 Å².